The molecular weight excluding hydrogens is 270 g/mol. The lowest BCUT2D eigenvalue weighted by molar-refractivity contribution is 0.0841. The minimum absolute atomic E-state index is 0.715. The zero-order chi connectivity index (χ0) is 15.1. The predicted octanol–water partition coefficient (Wildman–Crippen LogP) is 2.88. The zero-order valence-corrected chi connectivity index (χ0v) is 13.6. The van der Waals surface area contributed by atoms with E-state index in [0.717, 1.165) is 25.3 Å². The topological polar surface area (TPSA) is 34.2 Å². The maximum Gasteiger partial charge on any atom is 0.0482 e. The second-order valence-corrected chi connectivity index (χ2v) is 7.08. The fourth-order valence-electron chi connectivity index (χ4n) is 4.78. The molecule has 0 amide bonds. The number of hydrogen-bond donors (Lipinski definition) is 1. The molecule has 1 unspecified atom stereocenters. The molecule has 3 aliphatic heterocycles. The van der Waals surface area contributed by atoms with Crippen LogP contribution >= 0.6 is 0 Å². The summed E-state index contributed by atoms with van der Waals surface area (Å²) in [6.45, 7) is 4.65. The molecule has 3 saturated heterocycles. The van der Waals surface area contributed by atoms with Gasteiger partial charge in [-0.2, -0.15) is 0 Å². The molecule has 2 N–H and O–H groups in total. The smallest absolute Gasteiger partial charge is 0.0482 e. The van der Waals surface area contributed by atoms with Crippen molar-refractivity contribution in [1.29, 1.82) is 0 Å². The lowest BCUT2D eigenvalue weighted by Gasteiger charge is -2.45. The van der Waals surface area contributed by atoms with Gasteiger partial charge in [-0.15, -0.1) is 0 Å². The molecule has 118 valence electrons. The van der Waals surface area contributed by atoms with Crippen molar-refractivity contribution in [2.24, 2.45) is 18.7 Å². The number of aryl methyl sites for hydroxylation is 2. The summed E-state index contributed by atoms with van der Waals surface area (Å²) in [6, 6.07) is 8.90. The van der Waals surface area contributed by atoms with Crippen molar-refractivity contribution < 1.29 is 0 Å². The molecule has 4 heterocycles. The van der Waals surface area contributed by atoms with Crippen LogP contribution in [0.1, 0.15) is 36.4 Å². The van der Waals surface area contributed by atoms with E-state index in [1.165, 1.54) is 43.4 Å². The Balaban J connectivity index is 1.83. The number of fused-ring (bicyclic) bond motifs is 4. The minimum Gasteiger partial charge on any atom is -0.347 e. The van der Waals surface area contributed by atoms with Crippen molar-refractivity contribution in [2.75, 3.05) is 26.2 Å². The first-order valence-electron chi connectivity index (χ1n) is 8.78. The second-order valence-electron chi connectivity index (χ2n) is 7.08. The normalized spacial score (nSPS) is 27.6. The minimum atomic E-state index is 0.715. The molecule has 1 aromatic carbocycles. The Hall–Kier alpha value is -1.32. The van der Waals surface area contributed by atoms with Gasteiger partial charge in [0.2, 0.25) is 0 Å². The van der Waals surface area contributed by atoms with Gasteiger partial charge in [0.05, 0.1) is 0 Å². The van der Waals surface area contributed by atoms with E-state index in [0.29, 0.717) is 5.92 Å². The molecule has 22 heavy (non-hydrogen) atoms. The SMILES string of the molecule is Cn1c(C2CN3CCC2CC3)c(CCCN)c2ccccc21. The summed E-state index contributed by atoms with van der Waals surface area (Å²) in [5.41, 5.74) is 10.4. The number of rotatable bonds is 4. The molecule has 0 saturated carbocycles. The highest BCUT2D eigenvalue weighted by Crippen LogP contribution is 2.42. The summed E-state index contributed by atoms with van der Waals surface area (Å²) < 4.78 is 2.48. The van der Waals surface area contributed by atoms with Gasteiger partial charge in [-0.3, -0.25) is 0 Å². The zero-order valence-electron chi connectivity index (χ0n) is 13.6. The van der Waals surface area contributed by atoms with Gasteiger partial charge in [-0.05, 0) is 62.9 Å². The monoisotopic (exact) mass is 297 g/mol. The fraction of sp³-hybridized carbons (Fsp3) is 0.579. The van der Waals surface area contributed by atoms with E-state index in [-0.39, 0.29) is 0 Å². The van der Waals surface area contributed by atoms with Crippen LogP contribution in [0, 0.1) is 5.92 Å². The van der Waals surface area contributed by atoms with Crippen molar-refractivity contribution in [1.82, 2.24) is 9.47 Å². The molecule has 2 aromatic rings. The Kier molecular flexibility index (Phi) is 3.71. The van der Waals surface area contributed by atoms with Crippen molar-refractivity contribution in [2.45, 2.75) is 31.6 Å². The molecule has 3 nitrogen and oxygen atoms in total. The number of nitrogens with zero attached hydrogens (tertiary/aromatic N) is 2. The standard InChI is InChI=1S/C19H27N3/c1-21-18-7-3-2-5-15(18)16(6-4-10-20)19(21)17-13-22-11-8-14(17)9-12-22/h2-3,5,7,14,17H,4,6,8-13,20H2,1H3. The average Bonchev–Trinajstić information content (AvgIpc) is 2.86. The van der Waals surface area contributed by atoms with E-state index in [2.05, 4.69) is 40.8 Å². The molecular formula is C19H27N3. The predicted molar refractivity (Wildman–Crippen MR) is 92.2 cm³/mol. The summed E-state index contributed by atoms with van der Waals surface area (Å²) in [4.78, 5) is 2.66. The lowest BCUT2D eigenvalue weighted by Crippen LogP contribution is -2.46. The van der Waals surface area contributed by atoms with Gasteiger partial charge in [-0.1, -0.05) is 18.2 Å². The van der Waals surface area contributed by atoms with E-state index < -0.39 is 0 Å². The quantitative estimate of drug-likeness (QED) is 0.941. The summed E-state index contributed by atoms with van der Waals surface area (Å²) in [5.74, 6) is 1.59. The molecule has 0 aliphatic carbocycles. The number of nitrogens with two attached hydrogens (primary N) is 1. The van der Waals surface area contributed by atoms with E-state index >= 15 is 0 Å². The molecule has 3 heteroatoms. The molecule has 3 fully saturated rings. The van der Waals surface area contributed by atoms with Crippen molar-refractivity contribution in [3.05, 3.63) is 35.5 Å². The summed E-state index contributed by atoms with van der Waals surface area (Å²) >= 11 is 0. The van der Waals surface area contributed by atoms with Crippen LogP contribution in [0.3, 0.4) is 0 Å². The van der Waals surface area contributed by atoms with Gasteiger partial charge in [0.1, 0.15) is 0 Å². The first-order chi connectivity index (χ1) is 10.8. The van der Waals surface area contributed by atoms with Gasteiger partial charge in [0.15, 0.2) is 0 Å². The number of hydrogen-bond acceptors (Lipinski definition) is 2. The molecule has 1 atom stereocenters. The Morgan fingerprint density at radius 2 is 1.95 bits per heavy atom. The second kappa shape index (κ2) is 5.71. The molecule has 1 aromatic heterocycles. The molecule has 5 rings (SSSR count). The first-order valence-corrected chi connectivity index (χ1v) is 8.78. The largest absolute Gasteiger partial charge is 0.347 e. The maximum absolute atomic E-state index is 5.80. The number of piperidine rings is 3. The van der Waals surface area contributed by atoms with E-state index in [4.69, 9.17) is 5.73 Å². The van der Waals surface area contributed by atoms with Crippen LogP contribution in [0.4, 0.5) is 0 Å². The molecule has 0 radical (unpaired) electrons. The Labute approximate surface area is 133 Å². The van der Waals surface area contributed by atoms with Crippen LogP contribution in [0.15, 0.2) is 24.3 Å². The highest BCUT2D eigenvalue weighted by atomic mass is 15.2. The molecule has 3 aliphatic rings. The van der Waals surface area contributed by atoms with E-state index in [1.54, 1.807) is 11.3 Å². The molecule has 0 spiro atoms. The van der Waals surface area contributed by atoms with Crippen LogP contribution < -0.4 is 5.73 Å². The lowest BCUT2D eigenvalue weighted by atomic mass is 9.76. The van der Waals surface area contributed by atoms with Crippen LogP contribution in [-0.2, 0) is 13.5 Å². The van der Waals surface area contributed by atoms with Gasteiger partial charge in [-0.25, -0.2) is 0 Å². The highest BCUT2D eigenvalue weighted by Gasteiger charge is 2.37. The van der Waals surface area contributed by atoms with Gasteiger partial charge < -0.3 is 15.2 Å². The van der Waals surface area contributed by atoms with Crippen LogP contribution in [-0.4, -0.2) is 35.6 Å². The van der Waals surface area contributed by atoms with Gasteiger partial charge >= 0.3 is 0 Å². The van der Waals surface area contributed by atoms with E-state index in [9.17, 15) is 0 Å². The van der Waals surface area contributed by atoms with Crippen LogP contribution in [0.25, 0.3) is 10.9 Å². The molecule has 2 bridgehead atoms. The summed E-state index contributed by atoms with van der Waals surface area (Å²) in [7, 11) is 2.27. The number of benzene rings is 1. The van der Waals surface area contributed by atoms with Crippen molar-refractivity contribution in [3.8, 4) is 0 Å². The summed E-state index contributed by atoms with van der Waals surface area (Å²) in [6.07, 6.45) is 4.96. The first kappa shape index (κ1) is 14.3. The number of para-hydroxylation sites is 1. The fourth-order valence-corrected chi connectivity index (χ4v) is 4.78. The Morgan fingerprint density at radius 1 is 1.18 bits per heavy atom. The van der Waals surface area contributed by atoms with E-state index in [1.807, 2.05) is 0 Å². The van der Waals surface area contributed by atoms with Crippen molar-refractivity contribution in [3.63, 3.8) is 0 Å². The maximum atomic E-state index is 5.80. The Bertz CT molecular complexity index is 665. The van der Waals surface area contributed by atoms with Crippen molar-refractivity contribution >= 4 is 10.9 Å². The third-order valence-corrected chi connectivity index (χ3v) is 5.90. The Morgan fingerprint density at radius 3 is 2.64 bits per heavy atom. The van der Waals surface area contributed by atoms with Gasteiger partial charge in [0.25, 0.3) is 0 Å². The van der Waals surface area contributed by atoms with Crippen LogP contribution in [0.2, 0.25) is 0 Å². The third kappa shape index (κ3) is 2.19. The third-order valence-electron chi connectivity index (χ3n) is 5.90. The van der Waals surface area contributed by atoms with Crippen LogP contribution in [0.5, 0.6) is 0 Å². The van der Waals surface area contributed by atoms with Gasteiger partial charge in [0, 0.05) is 36.1 Å². The summed E-state index contributed by atoms with van der Waals surface area (Å²) in [5, 5.41) is 1.45. The highest BCUT2D eigenvalue weighted by molar-refractivity contribution is 5.85. The average molecular weight is 297 g/mol. The number of aromatic nitrogens is 1.